The van der Waals surface area contributed by atoms with Crippen molar-refractivity contribution in [2.75, 3.05) is 7.11 Å². The number of nitro groups is 1. The number of fused-ring (bicyclic) bond motifs is 2. The molecule has 3 rings (SSSR count). The first-order valence-corrected chi connectivity index (χ1v) is 7.94. The van der Waals surface area contributed by atoms with Crippen LogP contribution in [0.3, 0.4) is 0 Å². The maximum atomic E-state index is 13.2. The SMILES string of the molecule is COC(=O)[C@@]12CC=C(c3ccc([N+](=O)[O-])cc3)[C@@](C)(CCC1)C2=O. The number of ketones is 1. The summed E-state index contributed by atoms with van der Waals surface area (Å²) in [6.45, 7) is 1.86. The van der Waals surface area contributed by atoms with Crippen molar-refractivity contribution in [3.63, 3.8) is 0 Å². The molecule has 0 aliphatic heterocycles. The third-order valence-corrected chi connectivity index (χ3v) is 5.43. The Hall–Kier alpha value is -2.50. The van der Waals surface area contributed by atoms with Gasteiger partial charge in [0.05, 0.1) is 17.4 Å². The molecule has 0 radical (unpaired) electrons. The molecule has 0 unspecified atom stereocenters. The first-order chi connectivity index (χ1) is 11.3. The number of nitro benzene ring substituents is 1. The number of benzene rings is 1. The fraction of sp³-hybridized carbons (Fsp3) is 0.444. The molecule has 2 aliphatic rings. The minimum absolute atomic E-state index is 0.0131. The number of nitrogens with zero attached hydrogens (tertiary/aromatic N) is 1. The van der Waals surface area contributed by atoms with E-state index in [-0.39, 0.29) is 11.5 Å². The van der Waals surface area contributed by atoms with E-state index in [1.165, 1.54) is 19.2 Å². The highest BCUT2D eigenvalue weighted by Gasteiger charge is 2.59. The molecule has 24 heavy (non-hydrogen) atoms. The van der Waals surface area contributed by atoms with Crippen molar-refractivity contribution in [1.82, 2.24) is 0 Å². The second-order valence-electron chi connectivity index (χ2n) is 6.71. The van der Waals surface area contributed by atoms with Gasteiger partial charge in [-0.1, -0.05) is 12.5 Å². The Labute approximate surface area is 139 Å². The van der Waals surface area contributed by atoms with Crippen LogP contribution in [0.5, 0.6) is 0 Å². The predicted molar refractivity (Wildman–Crippen MR) is 87.1 cm³/mol. The summed E-state index contributed by atoms with van der Waals surface area (Å²) in [5.41, 5.74) is -0.190. The highest BCUT2D eigenvalue weighted by molar-refractivity contribution is 6.13. The maximum absolute atomic E-state index is 13.2. The molecule has 0 N–H and O–H groups in total. The molecule has 0 spiro atoms. The largest absolute Gasteiger partial charge is 0.468 e. The van der Waals surface area contributed by atoms with E-state index in [1.54, 1.807) is 12.1 Å². The molecule has 0 amide bonds. The number of rotatable bonds is 3. The third-order valence-electron chi connectivity index (χ3n) is 5.43. The topological polar surface area (TPSA) is 86.5 Å². The molecular weight excluding hydrogens is 310 g/mol. The Bertz CT molecular complexity index is 751. The number of hydrogen-bond donors (Lipinski definition) is 0. The van der Waals surface area contributed by atoms with E-state index in [0.717, 1.165) is 17.6 Å². The van der Waals surface area contributed by atoms with Gasteiger partial charge in [0.1, 0.15) is 5.41 Å². The summed E-state index contributed by atoms with van der Waals surface area (Å²) in [7, 11) is 1.31. The minimum Gasteiger partial charge on any atom is -0.468 e. The molecule has 126 valence electrons. The van der Waals surface area contributed by atoms with Crippen molar-refractivity contribution in [2.45, 2.75) is 32.6 Å². The summed E-state index contributed by atoms with van der Waals surface area (Å²) in [6.07, 6.45) is 4.19. The summed E-state index contributed by atoms with van der Waals surface area (Å²) in [6, 6.07) is 6.22. The number of ether oxygens (including phenoxy) is 1. The number of methoxy groups -OCH3 is 1. The standard InChI is InChI=1S/C18H19NO5/c1-17-9-3-10-18(15(17)20,16(21)24-2)11-8-14(17)12-4-6-13(7-5-12)19(22)23/h4-8H,3,9-11H2,1-2H3/t17-,18-/m1/s1. The van der Waals surface area contributed by atoms with Crippen LogP contribution >= 0.6 is 0 Å². The lowest BCUT2D eigenvalue weighted by molar-refractivity contribution is -0.384. The lowest BCUT2D eigenvalue weighted by atomic mass is 9.53. The lowest BCUT2D eigenvalue weighted by Gasteiger charge is -2.47. The zero-order chi connectivity index (χ0) is 17.5. The van der Waals surface area contributed by atoms with E-state index in [2.05, 4.69) is 0 Å². The van der Waals surface area contributed by atoms with E-state index < -0.39 is 21.7 Å². The van der Waals surface area contributed by atoms with Gasteiger partial charge in [0.15, 0.2) is 5.78 Å². The predicted octanol–water partition coefficient (Wildman–Crippen LogP) is 3.30. The van der Waals surface area contributed by atoms with E-state index >= 15 is 0 Å². The number of esters is 1. The number of non-ortho nitro benzene ring substituents is 1. The van der Waals surface area contributed by atoms with Crippen molar-refractivity contribution in [2.24, 2.45) is 10.8 Å². The fourth-order valence-corrected chi connectivity index (χ4v) is 4.12. The van der Waals surface area contributed by atoms with Gasteiger partial charge in [-0.15, -0.1) is 0 Å². The lowest BCUT2D eigenvalue weighted by Crippen LogP contribution is -2.53. The van der Waals surface area contributed by atoms with Gasteiger partial charge in [0.25, 0.3) is 5.69 Å². The van der Waals surface area contributed by atoms with Crippen LogP contribution in [0.1, 0.15) is 38.2 Å². The molecule has 2 atom stereocenters. The summed E-state index contributed by atoms with van der Waals surface area (Å²) in [4.78, 5) is 35.8. The molecule has 0 heterocycles. The molecule has 1 aromatic carbocycles. The molecule has 2 bridgehead atoms. The van der Waals surface area contributed by atoms with Gasteiger partial charge in [-0.3, -0.25) is 19.7 Å². The van der Waals surface area contributed by atoms with E-state index in [9.17, 15) is 19.7 Å². The highest BCUT2D eigenvalue weighted by Crippen LogP contribution is 2.56. The van der Waals surface area contributed by atoms with Crippen LogP contribution in [0.4, 0.5) is 5.69 Å². The van der Waals surface area contributed by atoms with E-state index in [4.69, 9.17) is 4.74 Å². The normalized spacial score (nSPS) is 28.9. The summed E-state index contributed by atoms with van der Waals surface area (Å²) < 4.78 is 4.90. The van der Waals surface area contributed by atoms with Crippen LogP contribution in [-0.4, -0.2) is 23.8 Å². The van der Waals surface area contributed by atoms with E-state index in [1.807, 2.05) is 13.0 Å². The Kier molecular flexibility index (Phi) is 3.78. The molecule has 6 heteroatoms. The van der Waals surface area contributed by atoms with Gasteiger partial charge in [-0.05, 0) is 49.5 Å². The maximum Gasteiger partial charge on any atom is 0.319 e. The molecule has 1 aromatic rings. The average Bonchev–Trinajstić information content (AvgIpc) is 2.56. The summed E-state index contributed by atoms with van der Waals surface area (Å²) in [5.74, 6) is -0.554. The average molecular weight is 329 g/mol. The van der Waals surface area contributed by atoms with E-state index in [0.29, 0.717) is 19.3 Å². The molecule has 0 aromatic heterocycles. The van der Waals surface area contributed by atoms with Crippen molar-refractivity contribution >= 4 is 23.0 Å². The molecular formula is C18H19NO5. The van der Waals surface area contributed by atoms with Crippen LogP contribution in [0.15, 0.2) is 30.3 Å². The zero-order valence-electron chi connectivity index (χ0n) is 13.7. The Morgan fingerprint density at radius 2 is 1.92 bits per heavy atom. The zero-order valence-corrected chi connectivity index (χ0v) is 13.7. The summed E-state index contributed by atoms with van der Waals surface area (Å²) in [5, 5.41) is 10.8. The van der Waals surface area contributed by atoms with Crippen molar-refractivity contribution in [3.8, 4) is 0 Å². The number of hydrogen-bond acceptors (Lipinski definition) is 5. The van der Waals surface area contributed by atoms with Crippen LogP contribution in [0, 0.1) is 20.9 Å². The van der Waals surface area contributed by atoms with Gasteiger partial charge >= 0.3 is 5.97 Å². The van der Waals surface area contributed by atoms with Crippen molar-refractivity contribution in [3.05, 3.63) is 46.0 Å². The van der Waals surface area contributed by atoms with Crippen molar-refractivity contribution in [1.29, 1.82) is 0 Å². The Balaban J connectivity index is 2.06. The van der Waals surface area contributed by atoms with Gasteiger partial charge in [-0.25, -0.2) is 0 Å². The first kappa shape index (κ1) is 16.4. The number of allylic oxidation sites excluding steroid dienone is 2. The van der Waals surface area contributed by atoms with Gasteiger partial charge in [-0.2, -0.15) is 0 Å². The van der Waals surface area contributed by atoms with Crippen LogP contribution in [0.25, 0.3) is 5.57 Å². The van der Waals surface area contributed by atoms with Gasteiger partial charge < -0.3 is 4.74 Å². The van der Waals surface area contributed by atoms with Crippen LogP contribution in [0.2, 0.25) is 0 Å². The summed E-state index contributed by atoms with van der Waals surface area (Å²) >= 11 is 0. The quantitative estimate of drug-likeness (QED) is 0.367. The number of carbonyl (C=O) groups is 2. The third kappa shape index (κ3) is 2.17. The van der Waals surface area contributed by atoms with Crippen molar-refractivity contribution < 1.29 is 19.2 Å². The van der Waals surface area contributed by atoms with Crippen LogP contribution in [-0.2, 0) is 14.3 Å². The second kappa shape index (κ2) is 5.54. The number of Topliss-reactive ketones (excluding diaryl/α,β-unsaturated/α-hetero) is 1. The van der Waals surface area contributed by atoms with Gasteiger partial charge in [0, 0.05) is 12.1 Å². The molecule has 2 aliphatic carbocycles. The second-order valence-corrected chi connectivity index (χ2v) is 6.71. The monoisotopic (exact) mass is 329 g/mol. The Morgan fingerprint density at radius 3 is 2.50 bits per heavy atom. The van der Waals surface area contributed by atoms with Gasteiger partial charge in [0.2, 0.25) is 0 Å². The Morgan fingerprint density at radius 1 is 1.25 bits per heavy atom. The molecule has 0 saturated heterocycles. The molecule has 1 saturated carbocycles. The molecule has 6 nitrogen and oxygen atoms in total. The number of carbonyl (C=O) groups excluding carboxylic acids is 2. The minimum atomic E-state index is -1.08. The van der Waals surface area contributed by atoms with Crippen LogP contribution < -0.4 is 0 Å². The smallest absolute Gasteiger partial charge is 0.319 e. The first-order valence-electron chi connectivity index (χ1n) is 7.94. The highest BCUT2D eigenvalue weighted by atomic mass is 16.6. The molecule has 1 fully saturated rings. The fourth-order valence-electron chi connectivity index (χ4n) is 4.12.